The average Bonchev–Trinajstić information content (AvgIpc) is 2.84. The van der Waals surface area contributed by atoms with E-state index in [4.69, 9.17) is 4.42 Å². The first-order valence-corrected chi connectivity index (χ1v) is 5.53. The second-order valence-electron chi connectivity index (χ2n) is 3.96. The minimum absolute atomic E-state index is 0.122. The third-order valence-electron chi connectivity index (χ3n) is 2.76. The van der Waals surface area contributed by atoms with Crippen LogP contribution in [0.2, 0.25) is 0 Å². The van der Waals surface area contributed by atoms with Crippen molar-refractivity contribution in [2.45, 2.75) is 0 Å². The lowest BCUT2D eigenvalue weighted by molar-refractivity contribution is 0.101. The normalized spacial score (nSPS) is 10.7. The predicted molar refractivity (Wildman–Crippen MR) is 66.0 cm³/mol. The molecular formula is C15H9FO2. The van der Waals surface area contributed by atoms with E-state index < -0.39 is 5.82 Å². The molecule has 0 amide bonds. The van der Waals surface area contributed by atoms with E-state index in [9.17, 15) is 9.18 Å². The zero-order valence-electron chi connectivity index (χ0n) is 9.39. The second-order valence-corrected chi connectivity index (χ2v) is 3.96. The van der Waals surface area contributed by atoms with Gasteiger partial charge in [0.05, 0.1) is 0 Å². The number of rotatable bonds is 2. The molecule has 88 valence electrons. The quantitative estimate of drug-likeness (QED) is 0.638. The Morgan fingerprint density at radius 3 is 2.50 bits per heavy atom. The van der Waals surface area contributed by atoms with Crippen LogP contribution in [-0.2, 0) is 0 Å². The molecule has 0 saturated carbocycles. The number of hydrogen-bond acceptors (Lipinski definition) is 2. The molecule has 0 bridgehead atoms. The second kappa shape index (κ2) is 4.11. The number of carbonyl (C=O) groups excluding carboxylic acids is 1. The Kier molecular flexibility index (Phi) is 2.45. The topological polar surface area (TPSA) is 30.2 Å². The van der Waals surface area contributed by atoms with E-state index in [0.29, 0.717) is 10.9 Å². The van der Waals surface area contributed by atoms with E-state index in [1.54, 1.807) is 42.5 Å². The summed E-state index contributed by atoms with van der Waals surface area (Å²) in [5.74, 6) is -0.549. The van der Waals surface area contributed by atoms with Gasteiger partial charge in [-0.2, -0.15) is 0 Å². The highest BCUT2D eigenvalue weighted by Gasteiger charge is 2.15. The Bertz CT molecular complexity index is 714. The molecule has 1 aromatic heterocycles. The van der Waals surface area contributed by atoms with Gasteiger partial charge in [-0.3, -0.25) is 4.79 Å². The van der Waals surface area contributed by atoms with Crippen molar-refractivity contribution in [1.29, 1.82) is 0 Å². The van der Waals surface area contributed by atoms with Crippen molar-refractivity contribution in [2.75, 3.05) is 0 Å². The number of carbonyl (C=O) groups is 1. The maximum absolute atomic E-state index is 13.5. The monoisotopic (exact) mass is 240 g/mol. The van der Waals surface area contributed by atoms with Crippen LogP contribution in [0, 0.1) is 5.82 Å². The largest absolute Gasteiger partial charge is 0.449 e. The third kappa shape index (κ3) is 1.70. The summed E-state index contributed by atoms with van der Waals surface area (Å²) >= 11 is 0. The lowest BCUT2D eigenvalue weighted by Crippen LogP contribution is -1.98. The molecule has 0 aliphatic rings. The molecule has 3 heteroatoms. The summed E-state index contributed by atoms with van der Waals surface area (Å²) in [6, 6.07) is 14.9. The van der Waals surface area contributed by atoms with Crippen LogP contribution in [0.1, 0.15) is 16.1 Å². The van der Waals surface area contributed by atoms with Crippen LogP contribution in [0.3, 0.4) is 0 Å². The Balaban J connectivity index is 2.10. The van der Waals surface area contributed by atoms with Gasteiger partial charge in [0.1, 0.15) is 0 Å². The number of hydrogen-bond donors (Lipinski definition) is 0. The zero-order valence-corrected chi connectivity index (χ0v) is 9.39. The van der Waals surface area contributed by atoms with E-state index in [2.05, 4.69) is 0 Å². The summed E-state index contributed by atoms with van der Waals surface area (Å²) in [5.41, 5.74) is 0.647. The van der Waals surface area contributed by atoms with E-state index >= 15 is 0 Å². The van der Waals surface area contributed by atoms with Gasteiger partial charge in [-0.05, 0) is 12.1 Å². The molecule has 0 radical (unpaired) electrons. The summed E-state index contributed by atoms with van der Waals surface area (Å²) in [6.07, 6.45) is 0. The van der Waals surface area contributed by atoms with Gasteiger partial charge in [0.25, 0.3) is 0 Å². The first-order valence-electron chi connectivity index (χ1n) is 5.53. The first kappa shape index (κ1) is 10.7. The highest BCUT2D eigenvalue weighted by molar-refractivity contribution is 6.08. The number of para-hydroxylation sites is 1. The lowest BCUT2D eigenvalue weighted by Gasteiger charge is -1.95. The fourth-order valence-corrected chi connectivity index (χ4v) is 1.87. The SMILES string of the molecule is O=C(c1ccccc1)c1cc2cccc(F)c2o1. The van der Waals surface area contributed by atoms with Crippen molar-refractivity contribution < 1.29 is 13.6 Å². The summed E-state index contributed by atoms with van der Waals surface area (Å²) in [4.78, 5) is 12.1. The Morgan fingerprint density at radius 1 is 1.00 bits per heavy atom. The van der Waals surface area contributed by atoms with Gasteiger partial charge in [-0.15, -0.1) is 0 Å². The van der Waals surface area contributed by atoms with Gasteiger partial charge < -0.3 is 4.42 Å². The number of benzene rings is 2. The molecule has 0 saturated heterocycles. The predicted octanol–water partition coefficient (Wildman–Crippen LogP) is 3.80. The van der Waals surface area contributed by atoms with Crippen LogP contribution in [-0.4, -0.2) is 5.78 Å². The smallest absolute Gasteiger partial charge is 0.228 e. The molecule has 3 rings (SSSR count). The molecule has 0 unspecified atom stereocenters. The molecule has 2 aromatic carbocycles. The molecular weight excluding hydrogens is 231 g/mol. The van der Waals surface area contributed by atoms with Gasteiger partial charge in [-0.1, -0.05) is 42.5 Å². The Labute approximate surface area is 103 Å². The van der Waals surface area contributed by atoms with Crippen molar-refractivity contribution in [3.63, 3.8) is 0 Å². The van der Waals surface area contributed by atoms with Crippen molar-refractivity contribution in [3.8, 4) is 0 Å². The van der Waals surface area contributed by atoms with Gasteiger partial charge >= 0.3 is 0 Å². The Hall–Kier alpha value is -2.42. The van der Waals surface area contributed by atoms with Gasteiger partial charge in [0.15, 0.2) is 17.2 Å². The van der Waals surface area contributed by atoms with Gasteiger partial charge in [-0.25, -0.2) is 4.39 Å². The standard InChI is InChI=1S/C15H9FO2/c16-12-8-4-7-11-9-13(18-15(11)12)14(17)10-5-2-1-3-6-10/h1-9H. The molecule has 18 heavy (non-hydrogen) atoms. The van der Waals surface area contributed by atoms with Crippen LogP contribution < -0.4 is 0 Å². The van der Waals surface area contributed by atoms with Crippen LogP contribution in [0.15, 0.2) is 59.0 Å². The fraction of sp³-hybridized carbons (Fsp3) is 0. The maximum atomic E-state index is 13.5. The van der Waals surface area contributed by atoms with Gasteiger partial charge in [0.2, 0.25) is 5.78 Å². The molecule has 1 heterocycles. The maximum Gasteiger partial charge on any atom is 0.228 e. The number of fused-ring (bicyclic) bond motifs is 1. The fourth-order valence-electron chi connectivity index (χ4n) is 1.87. The lowest BCUT2D eigenvalue weighted by atomic mass is 10.1. The average molecular weight is 240 g/mol. The summed E-state index contributed by atoms with van der Waals surface area (Å²) < 4.78 is 18.8. The van der Waals surface area contributed by atoms with Crippen LogP contribution in [0.4, 0.5) is 4.39 Å². The molecule has 2 nitrogen and oxygen atoms in total. The third-order valence-corrected chi connectivity index (χ3v) is 2.76. The minimum Gasteiger partial charge on any atom is -0.449 e. The molecule has 0 atom stereocenters. The highest BCUT2D eigenvalue weighted by atomic mass is 19.1. The molecule has 0 aliphatic carbocycles. The highest BCUT2D eigenvalue weighted by Crippen LogP contribution is 2.23. The van der Waals surface area contributed by atoms with E-state index in [1.807, 2.05) is 6.07 Å². The number of ketones is 1. The molecule has 0 aliphatic heterocycles. The van der Waals surface area contributed by atoms with Crippen molar-refractivity contribution >= 4 is 16.8 Å². The van der Waals surface area contributed by atoms with E-state index in [0.717, 1.165) is 0 Å². The van der Waals surface area contributed by atoms with E-state index in [1.165, 1.54) is 6.07 Å². The molecule has 0 fully saturated rings. The van der Waals surface area contributed by atoms with E-state index in [-0.39, 0.29) is 17.1 Å². The van der Waals surface area contributed by atoms with Gasteiger partial charge in [0, 0.05) is 10.9 Å². The summed E-state index contributed by atoms with van der Waals surface area (Å²) in [5, 5.41) is 0.592. The van der Waals surface area contributed by atoms with Crippen molar-refractivity contribution in [1.82, 2.24) is 0 Å². The molecule has 0 N–H and O–H groups in total. The summed E-state index contributed by atoms with van der Waals surface area (Å²) in [6.45, 7) is 0. The molecule has 0 spiro atoms. The minimum atomic E-state index is -0.459. The Morgan fingerprint density at radius 2 is 1.78 bits per heavy atom. The number of halogens is 1. The van der Waals surface area contributed by atoms with Crippen molar-refractivity contribution in [3.05, 3.63) is 71.7 Å². The van der Waals surface area contributed by atoms with Crippen molar-refractivity contribution in [2.24, 2.45) is 0 Å². The van der Waals surface area contributed by atoms with Crippen LogP contribution in [0.5, 0.6) is 0 Å². The first-order chi connectivity index (χ1) is 8.75. The molecule has 3 aromatic rings. The van der Waals surface area contributed by atoms with Crippen LogP contribution >= 0.6 is 0 Å². The summed E-state index contributed by atoms with van der Waals surface area (Å²) in [7, 11) is 0. The zero-order chi connectivity index (χ0) is 12.5. The number of furan rings is 1. The van der Waals surface area contributed by atoms with Crippen LogP contribution in [0.25, 0.3) is 11.0 Å².